The molecule has 0 atom stereocenters. The molecule has 0 saturated carbocycles. The van der Waals surface area contributed by atoms with Crippen molar-refractivity contribution >= 4 is 5.91 Å². The first-order chi connectivity index (χ1) is 9.79. The molecule has 20 heavy (non-hydrogen) atoms. The van der Waals surface area contributed by atoms with Crippen molar-refractivity contribution in [1.29, 1.82) is 0 Å². The maximum absolute atomic E-state index is 11.9. The minimum atomic E-state index is -0.0413. The molecule has 1 amide bonds. The molecule has 0 radical (unpaired) electrons. The summed E-state index contributed by atoms with van der Waals surface area (Å²) in [6.45, 7) is 3.57. The maximum Gasteiger partial charge on any atom is 0.254 e. The van der Waals surface area contributed by atoms with E-state index in [-0.39, 0.29) is 5.91 Å². The lowest BCUT2D eigenvalue weighted by Gasteiger charge is -2.02. The van der Waals surface area contributed by atoms with Crippen LogP contribution in [0.1, 0.15) is 42.1 Å². The fraction of sp³-hybridized carbons (Fsp3) is 0.375. The largest absolute Gasteiger partial charge is 0.352 e. The summed E-state index contributed by atoms with van der Waals surface area (Å²) in [6.07, 6.45) is 6.75. The van der Waals surface area contributed by atoms with Crippen LogP contribution < -0.4 is 5.32 Å². The molecule has 0 spiro atoms. The Balaban J connectivity index is 1.87. The number of carbonyl (C=O) groups excluding carboxylic acids is 1. The van der Waals surface area contributed by atoms with Gasteiger partial charge in [0.2, 0.25) is 0 Å². The van der Waals surface area contributed by atoms with Gasteiger partial charge in [0.1, 0.15) is 0 Å². The van der Waals surface area contributed by atoms with Crippen LogP contribution in [-0.4, -0.2) is 22.2 Å². The van der Waals surface area contributed by atoms with Crippen LogP contribution in [0.4, 0.5) is 0 Å². The zero-order chi connectivity index (χ0) is 14.2. The van der Waals surface area contributed by atoms with Gasteiger partial charge in [0.25, 0.3) is 5.91 Å². The van der Waals surface area contributed by atoms with Gasteiger partial charge in [0.15, 0.2) is 0 Å². The van der Waals surface area contributed by atoms with Gasteiger partial charge in [-0.25, -0.2) is 0 Å². The third-order valence-corrected chi connectivity index (χ3v) is 3.15. The first-order valence-corrected chi connectivity index (χ1v) is 7.14. The number of amides is 1. The van der Waals surface area contributed by atoms with Crippen molar-refractivity contribution in [2.75, 3.05) is 6.54 Å². The maximum atomic E-state index is 11.9. The Bertz CT molecular complexity index is 534. The van der Waals surface area contributed by atoms with E-state index < -0.39 is 0 Å². The second-order valence-electron chi connectivity index (χ2n) is 4.88. The highest BCUT2D eigenvalue weighted by molar-refractivity contribution is 5.93. The standard InChI is InChI=1S/C16H21N3O/c1-2-3-7-10-17-16(20)15-11-18-19(13-15)12-14-8-5-4-6-9-14/h4-6,8-9,11,13H,2-3,7,10,12H2,1H3,(H,17,20). The summed E-state index contributed by atoms with van der Waals surface area (Å²) in [5.41, 5.74) is 1.79. The summed E-state index contributed by atoms with van der Waals surface area (Å²) < 4.78 is 1.79. The molecule has 2 rings (SSSR count). The molecular formula is C16H21N3O. The molecule has 0 fully saturated rings. The van der Waals surface area contributed by atoms with E-state index in [1.54, 1.807) is 17.1 Å². The predicted octanol–water partition coefficient (Wildman–Crippen LogP) is 2.85. The Morgan fingerprint density at radius 1 is 1.25 bits per heavy atom. The molecule has 1 heterocycles. The molecule has 106 valence electrons. The average Bonchev–Trinajstić information content (AvgIpc) is 2.93. The molecule has 4 nitrogen and oxygen atoms in total. The smallest absolute Gasteiger partial charge is 0.254 e. The van der Waals surface area contributed by atoms with Crippen LogP contribution in [0.5, 0.6) is 0 Å². The Morgan fingerprint density at radius 3 is 2.80 bits per heavy atom. The Labute approximate surface area is 119 Å². The summed E-state index contributed by atoms with van der Waals surface area (Å²) >= 11 is 0. The van der Waals surface area contributed by atoms with Gasteiger partial charge >= 0.3 is 0 Å². The molecule has 0 aliphatic heterocycles. The van der Waals surface area contributed by atoms with Crippen LogP contribution in [0.2, 0.25) is 0 Å². The molecule has 1 aromatic carbocycles. The molecule has 0 aliphatic rings. The highest BCUT2D eigenvalue weighted by Gasteiger charge is 2.07. The summed E-state index contributed by atoms with van der Waals surface area (Å²) in [6, 6.07) is 10.1. The third-order valence-electron chi connectivity index (χ3n) is 3.15. The number of aromatic nitrogens is 2. The van der Waals surface area contributed by atoms with Crippen LogP contribution in [0, 0.1) is 0 Å². The molecule has 0 aliphatic carbocycles. The number of rotatable bonds is 7. The van der Waals surface area contributed by atoms with Gasteiger partial charge in [-0.2, -0.15) is 5.10 Å². The highest BCUT2D eigenvalue weighted by atomic mass is 16.1. The fourth-order valence-corrected chi connectivity index (χ4v) is 2.02. The predicted molar refractivity (Wildman–Crippen MR) is 79.6 cm³/mol. The summed E-state index contributed by atoms with van der Waals surface area (Å²) in [5, 5.41) is 7.15. The van der Waals surface area contributed by atoms with E-state index in [4.69, 9.17) is 0 Å². The molecule has 2 aromatic rings. The number of unbranched alkanes of at least 4 members (excludes halogenated alkanes) is 2. The Kier molecular flexibility index (Phi) is 5.35. The van der Waals surface area contributed by atoms with E-state index in [1.165, 1.54) is 5.56 Å². The minimum absolute atomic E-state index is 0.0413. The third kappa shape index (κ3) is 4.23. The second kappa shape index (κ2) is 7.48. The molecule has 0 bridgehead atoms. The van der Waals surface area contributed by atoms with Gasteiger partial charge in [-0.3, -0.25) is 9.48 Å². The summed E-state index contributed by atoms with van der Waals surface area (Å²) in [7, 11) is 0. The molecule has 1 aromatic heterocycles. The number of carbonyl (C=O) groups is 1. The monoisotopic (exact) mass is 271 g/mol. The molecule has 0 unspecified atom stereocenters. The van der Waals surface area contributed by atoms with Crippen LogP contribution in [0.15, 0.2) is 42.7 Å². The van der Waals surface area contributed by atoms with E-state index in [1.807, 2.05) is 30.3 Å². The minimum Gasteiger partial charge on any atom is -0.352 e. The van der Waals surface area contributed by atoms with E-state index in [9.17, 15) is 4.79 Å². The number of hydrogen-bond acceptors (Lipinski definition) is 2. The lowest BCUT2D eigenvalue weighted by molar-refractivity contribution is 0.0953. The van der Waals surface area contributed by atoms with Crippen molar-refractivity contribution in [3.63, 3.8) is 0 Å². The fourth-order valence-electron chi connectivity index (χ4n) is 2.02. The van der Waals surface area contributed by atoms with Crippen molar-refractivity contribution in [2.24, 2.45) is 0 Å². The zero-order valence-electron chi connectivity index (χ0n) is 11.9. The van der Waals surface area contributed by atoms with Gasteiger partial charge in [-0.15, -0.1) is 0 Å². The van der Waals surface area contributed by atoms with Crippen LogP contribution in [0.25, 0.3) is 0 Å². The van der Waals surface area contributed by atoms with E-state index in [0.717, 1.165) is 25.8 Å². The van der Waals surface area contributed by atoms with Gasteiger partial charge < -0.3 is 5.32 Å². The second-order valence-corrected chi connectivity index (χ2v) is 4.88. The van der Waals surface area contributed by atoms with Crippen LogP contribution >= 0.6 is 0 Å². The molecule has 0 saturated heterocycles. The lowest BCUT2D eigenvalue weighted by Crippen LogP contribution is -2.24. The van der Waals surface area contributed by atoms with E-state index in [2.05, 4.69) is 17.3 Å². The highest BCUT2D eigenvalue weighted by Crippen LogP contribution is 2.04. The van der Waals surface area contributed by atoms with Gasteiger partial charge in [0, 0.05) is 12.7 Å². The van der Waals surface area contributed by atoms with Gasteiger partial charge in [-0.05, 0) is 12.0 Å². The number of nitrogens with one attached hydrogen (secondary N) is 1. The van der Waals surface area contributed by atoms with Gasteiger partial charge in [0.05, 0.1) is 18.3 Å². The first kappa shape index (κ1) is 14.3. The quantitative estimate of drug-likeness (QED) is 0.787. The van der Waals surface area contributed by atoms with Crippen molar-refractivity contribution in [3.8, 4) is 0 Å². The summed E-state index contributed by atoms with van der Waals surface area (Å²) in [4.78, 5) is 11.9. The first-order valence-electron chi connectivity index (χ1n) is 7.14. The Morgan fingerprint density at radius 2 is 2.05 bits per heavy atom. The van der Waals surface area contributed by atoms with Crippen molar-refractivity contribution in [2.45, 2.75) is 32.7 Å². The molecule has 1 N–H and O–H groups in total. The average molecular weight is 271 g/mol. The SMILES string of the molecule is CCCCCNC(=O)c1cnn(Cc2ccccc2)c1. The van der Waals surface area contributed by atoms with Gasteiger partial charge in [-0.1, -0.05) is 50.1 Å². The normalized spacial score (nSPS) is 10.4. The van der Waals surface area contributed by atoms with E-state index >= 15 is 0 Å². The zero-order valence-corrected chi connectivity index (χ0v) is 11.9. The van der Waals surface area contributed by atoms with Crippen molar-refractivity contribution in [1.82, 2.24) is 15.1 Å². The summed E-state index contributed by atoms with van der Waals surface area (Å²) in [5.74, 6) is -0.0413. The van der Waals surface area contributed by atoms with Crippen LogP contribution in [-0.2, 0) is 6.54 Å². The van der Waals surface area contributed by atoms with E-state index in [0.29, 0.717) is 12.1 Å². The lowest BCUT2D eigenvalue weighted by atomic mass is 10.2. The number of hydrogen-bond donors (Lipinski definition) is 1. The molecule has 4 heteroatoms. The number of nitrogens with zero attached hydrogens (tertiary/aromatic N) is 2. The van der Waals surface area contributed by atoms with Crippen LogP contribution in [0.3, 0.4) is 0 Å². The number of benzene rings is 1. The Hall–Kier alpha value is -2.10. The molecular weight excluding hydrogens is 250 g/mol. The van der Waals surface area contributed by atoms with Crippen molar-refractivity contribution in [3.05, 3.63) is 53.9 Å². The van der Waals surface area contributed by atoms with Crippen molar-refractivity contribution < 1.29 is 4.79 Å². The topological polar surface area (TPSA) is 46.9 Å².